The van der Waals surface area contributed by atoms with E-state index in [2.05, 4.69) is 0 Å². The molecule has 15 heavy (non-hydrogen) atoms. The fourth-order valence-corrected chi connectivity index (χ4v) is 1.99. The molecule has 3 unspecified atom stereocenters. The summed E-state index contributed by atoms with van der Waals surface area (Å²) in [5, 5.41) is 18.7. The average molecular weight is 236 g/mol. The van der Waals surface area contributed by atoms with Crippen LogP contribution >= 0.6 is 11.8 Å². The molecule has 0 bridgehead atoms. The second kappa shape index (κ2) is 4.99. The van der Waals surface area contributed by atoms with Crippen molar-refractivity contribution in [3.8, 4) is 0 Å². The van der Waals surface area contributed by atoms with E-state index in [1.807, 2.05) is 6.26 Å². The molecular weight excluding hydrogens is 220 g/mol. The summed E-state index contributed by atoms with van der Waals surface area (Å²) >= 11 is 1.67. The van der Waals surface area contributed by atoms with E-state index in [1.54, 1.807) is 11.8 Å². The zero-order chi connectivity index (χ0) is 10.8. The minimum absolute atomic E-state index is 0.101. The Labute approximate surface area is 92.7 Å². The van der Waals surface area contributed by atoms with Crippen LogP contribution in [-0.4, -0.2) is 66.1 Å². The van der Waals surface area contributed by atoms with Gasteiger partial charge in [-0.2, -0.15) is 11.8 Å². The van der Waals surface area contributed by atoms with Crippen molar-refractivity contribution in [2.24, 2.45) is 0 Å². The largest absolute Gasteiger partial charge is 0.394 e. The van der Waals surface area contributed by atoms with Gasteiger partial charge < -0.3 is 24.4 Å². The summed E-state index contributed by atoms with van der Waals surface area (Å²) in [7, 11) is 0. The van der Waals surface area contributed by atoms with Gasteiger partial charge in [0.05, 0.1) is 13.2 Å². The summed E-state index contributed by atoms with van der Waals surface area (Å²) in [6.45, 7) is 0.425. The Balaban J connectivity index is 1.82. The molecule has 2 N–H and O–H groups in total. The molecule has 0 aromatic heterocycles. The third kappa shape index (κ3) is 2.46. The number of rotatable bonds is 5. The molecule has 0 radical (unpaired) electrons. The smallest absolute Gasteiger partial charge is 0.186 e. The van der Waals surface area contributed by atoms with E-state index < -0.39 is 12.4 Å². The number of ether oxygens (including phenoxy) is 3. The predicted octanol–water partition coefficient (Wildman–Crippen LogP) is -0.789. The van der Waals surface area contributed by atoms with Crippen LogP contribution in [0.5, 0.6) is 0 Å². The van der Waals surface area contributed by atoms with Crippen LogP contribution in [0.4, 0.5) is 0 Å². The Morgan fingerprint density at radius 3 is 2.80 bits per heavy atom. The van der Waals surface area contributed by atoms with E-state index in [9.17, 15) is 5.11 Å². The van der Waals surface area contributed by atoms with E-state index in [-0.39, 0.29) is 24.9 Å². The highest BCUT2D eigenvalue weighted by molar-refractivity contribution is 7.98. The van der Waals surface area contributed by atoms with Crippen LogP contribution in [0.25, 0.3) is 0 Å². The highest BCUT2D eigenvalue weighted by Crippen LogP contribution is 2.37. The predicted molar refractivity (Wildman–Crippen MR) is 54.7 cm³/mol. The summed E-state index contributed by atoms with van der Waals surface area (Å²) in [5.74, 6) is 0.853. The highest BCUT2D eigenvalue weighted by Gasteiger charge is 2.57. The van der Waals surface area contributed by atoms with Crippen molar-refractivity contribution in [1.29, 1.82) is 0 Å². The van der Waals surface area contributed by atoms with Crippen molar-refractivity contribution in [3.05, 3.63) is 0 Å². The Kier molecular flexibility index (Phi) is 3.87. The van der Waals surface area contributed by atoms with Gasteiger partial charge in [-0.3, -0.25) is 0 Å². The van der Waals surface area contributed by atoms with Gasteiger partial charge in [0.1, 0.15) is 24.4 Å². The van der Waals surface area contributed by atoms with Gasteiger partial charge in [0, 0.05) is 5.75 Å². The van der Waals surface area contributed by atoms with Crippen molar-refractivity contribution in [1.82, 2.24) is 0 Å². The van der Waals surface area contributed by atoms with Gasteiger partial charge in [0.2, 0.25) is 0 Å². The van der Waals surface area contributed by atoms with Gasteiger partial charge in [-0.05, 0) is 6.26 Å². The number of aliphatic hydroxyl groups is 2. The van der Waals surface area contributed by atoms with E-state index in [0.717, 1.165) is 5.75 Å². The molecule has 2 fully saturated rings. The molecule has 2 aliphatic heterocycles. The summed E-state index contributed by atoms with van der Waals surface area (Å²) in [6.07, 6.45) is -0.172. The SMILES string of the molecule is CSCCO[C@@H]1OC(CO)[C@H]2OC2C1O. The number of aliphatic hydroxyl groups excluding tert-OH is 2. The van der Waals surface area contributed by atoms with Gasteiger partial charge in [-0.15, -0.1) is 0 Å². The summed E-state index contributed by atoms with van der Waals surface area (Å²) in [5.41, 5.74) is 0. The molecule has 2 saturated heterocycles. The molecule has 0 aromatic rings. The topological polar surface area (TPSA) is 71.5 Å². The van der Waals surface area contributed by atoms with Crippen LogP contribution in [0.2, 0.25) is 0 Å². The molecule has 0 saturated carbocycles. The first-order chi connectivity index (χ1) is 7.27. The molecule has 5 nitrogen and oxygen atoms in total. The number of hydrogen-bond acceptors (Lipinski definition) is 6. The van der Waals surface area contributed by atoms with E-state index in [1.165, 1.54) is 0 Å². The molecule has 0 aromatic carbocycles. The molecule has 88 valence electrons. The molecular formula is C9H16O5S. The standard InChI is InChI=1S/C9H16O5S/c1-15-3-2-12-9-6(11)8-7(14-8)5(4-10)13-9/h5-11H,2-4H2,1H3/t5?,6?,7-,8?,9-/m1/s1. The third-order valence-electron chi connectivity index (χ3n) is 2.60. The summed E-state index contributed by atoms with van der Waals surface area (Å²) in [6, 6.07) is 0. The molecule has 0 aliphatic carbocycles. The van der Waals surface area contributed by atoms with E-state index >= 15 is 0 Å². The molecule has 2 heterocycles. The quantitative estimate of drug-likeness (QED) is 0.481. The first kappa shape index (κ1) is 11.6. The zero-order valence-electron chi connectivity index (χ0n) is 8.54. The molecule has 6 heteroatoms. The van der Waals surface area contributed by atoms with Crippen molar-refractivity contribution < 1.29 is 24.4 Å². The lowest BCUT2D eigenvalue weighted by Crippen LogP contribution is -2.47. The second-order valence-electron chi connectivity index (χ2n) is 3.64. The minimum Gasteiger partial charge on any atom is -0.394 e. The highest BCUT2D eigenvalue weighted by atomic mass is 32.2. The number of fused-ring (bicyclic) bond motifs is 1. The Bertz CT molecular complexity index is 215. The van der Waals surface area contributed by atoms with Crippen LogP contribution in [0.1, 0.15) is 0 Å². The normalized spacial score (nSPS) is 43.8. The lowest BCUT2D eigenvalue weighted by molar-refractivity contribution is -0.232. The molecule has 0 spiro atoms. The molecule has 2 rings (SSSR count). The van der Waals surface area contributed by atoms with Crippen molar-refractivity contribution in [3.63, 3.8) is 0 Å². The lowest BCUT2D eigenvalue weighted by atomic mass is 10.1. The lowest BCUT2D eigenvalue weighted by Gasteiger charge is -2.29. The fraction of sp³-hybridized carbons (Fsp3) is 1.00. The van der Waals surface area contributed by atoms with Crippen LogP contribution in [0, 0.1) is 0 Å². The third-order valence-corrected chi connectivity index (χ3v) is 3.18. The van der Waals surface area contributed by atoms with Gasteiger partial charge in [-0.25, -0.2) is 0 Å². The van der Waals surface area contributed by atoms with Gasteiger partial charge >= 0.3 is 0 Å². The van der Waals surface area contributed by atoms with Crippen LogP contribution in [0.15, 0.2) is 0 Å². The van der Waals surface area contributed by atoms with Gasteiger partial charge in [-0.1, -0.05) is 0 Å². The van der Waals surface area contributed by atoms with E-state index in [4.69, 9.17) is 19.3 Å². The number of thioether (sulfide) groups is 1. The summed E-state index contributed by atoms with van der Waals surface area (Å²) in [4.78, 5) is 0. The first-order valence-electron chi connectivity index (χ1n) is 4.98. The maximum absolute atomic E-state index is 9.73. The zero-order valence-corrected chi connectivity index (χ0v) is 9.35. The van der Waals surface area contributed by atoms with Crippen molar-refractivity contribution in [2.75, 3.05) is 25.2 Å². The maximum atomic E-state index is 9.73. The van der Waals surface area contributed by atoms with Crippen LogP contribution < -0.4 is 0 Å². The number of hydrogen-bond donors (Lipinski definition) is 2. The summed E-state index contributed by atoms with van der Waals surface area (Å²) < 4.78 is 16.0. The minimum atomic E-state index is -0.736. The fourth-order valence-electron chi connectivity index (χ4n) is 1.73. The van der Waals surface area contributed by atoms with Crippen molar-refractivity contribution >= 4 is 11.8 Å². The first-order valence-corrected chi connectivity index (χ1v) is 6.37. The Hall–Kier alpha value is 0.150. The second-order valence-corrected chi connectivity index (χ2v) is 4.63. The Morgan fingerprint density at radius 2 is 2.13 bits per heavy atom. The van der Waals surface area contributed by atoms with Crippen LogP contribution in [0.3, 0.4) is 0 Å². The number of epoxide rings is 1. The molecule has 2 aliphatic rings. The molecule has 5 atom stereocenters. The van der Waals surface area contributed by atoms with Crippen LogP contribution in [-0.2, 0) is 14.2 Å². The van der Waals surface area contributed by atoms with E-state index in [0.29, 0.717) is 6.61 Å². The average Bonchev–Trinajstić information content (AvgIpc) is 3.02. The maximum Gasteiger partial charge on any atom is 0.186 e. The Morgan fingerprint density at radius 1 is 1.33 bits per heavy atom. The van der Waals surface area contributed by atoms with Crippen molar-refractivity contribution in [2.45, 2.75) is 30.7 Å². The van der Waals surface area contributed by atoms with Gasteiger partial charge in [0.25, 0.3) is 0 Å². The molecule has 0 amide bonds. The monoisotopic (exact) mass is 236 g/mol. The van der Waals surface area contributed by atoms with Gasteiger partial charge in [0.15, 0.2) is 6.29 Å².